The number of benzene rings is 1. The van der Waals surface area contributed by atoms with Gasteiger partial charge in [0.05, 0.1) is 36.4 Å². The average molecular weight is 395 g/mol. The van der Waals surface area contributed by atoms with Gasteiger partial charge in [-0.05, 0) is 12.1 Å². The van der Waals surface area contributed by atoms with E-state index in [2.05, 4.69) is 20.6 Å². The summed E-state index contributed by atoms with van der Waals surface area (Å²) in [6.45, 7) is 1.89. The van der Waals surface area contributed by atoms with Crippen LogP contribution in [0.5, 0.6) is 0 Å². The van der Waals surface area contributed by atoms with E-state index in [1.165, 1.54) is 0 Å². The lowest BCUT2D eigenvalue weighted by molar-refractivity contribution is 0.0946. The molecule has 10 heteroatoms. The quantitative estimate of drug-likeness (QED) is 0.672. The van der Waals surface area contributed by atoms with Gasteiger partial charge in [0, 0.05) is 26.0 Å². The molecule has 1 aliphatic heterocycles. The first-order valence-electron chi connectivity index (χ1n) is 9.21. The van der Waals surface area contributed by atoms with Gasteiger partial charge in [-0.2, -0.15) is 10.2 Å². The molecule has 0 saturated carbocycles. The van der Waals surface area contributed by atoms with Crippen molar-refractivity contribution in [2.45, 2.75) is 19.6 Å². The predicted octanol–water partition coefficient (Wildman–Crippen LogP) is 0.547. The van der Waals surface area contributed by atoms with E-state index in [1.54, 1.807) is 48.2 Å². The highest BCUT2D eigenvalue weighted by molar-refractivity contribution is 6.04. The number of hydrogen-bond acceptors (Lipinski definition) is 5. The highest BCUT2D eigenvalue weighted by atomic mass is 16.2. The van der Waals surface area contributed by atoms with Crippen LogP contribution in [0.1, 0.15) is 21.9 Å². The summed E-state index contributed by atoms with van der Waals surface area (Å²) in [5.41, 5.74) is 1.44. The maximum atomic E-state index is 12.6. The molecule has 0 unspecified atom stereocenters. The van der Waals surface area contributed by atoms with Crippen LogP contribution >= 0.6 is 0 Å². The molecule has 3 heterocycles. The molecule has 2 aromatic heterocycles. The molecule has 150 valence electrons. The largest absolute Gasteiger partial charge is 0.345 e. The Morgan fingerprint density at radius 2 is 1.97 bits per heavy atom. The van der Waals surface area contributed by atoms with E-state index in [9.17, 15) is 14.4 Å². The topological polar surface area (TPSA) is 116 Å². The highest BCUT2D eigenvalue weighted by Crippen LogP contribution is 2.16. The Hall–Kier alpha value is -3.69. The van der Waals surface area contributed by atoms with E-state index in [0.29, 0.717) is 36.1 Å². The third-order valence-electron chi connectivity index (χ3n) is 4.84. The maximum Gasteiger partial charge on any atom is 0.319 e. The summed E-state index contributed by atoms with van der Waals surface area (Å²) in [5.74, 6) is -0.396. The molecule has 0 fully saturated rings. The van der Waals surface area contributed by atoms with Gasteiger partial charge in [-0.1, -0.05) is 18.2 Å². The van der Waals surface area contributed by atoms with E-state index in [0.717, 1.165) is 5.69 Å². The van der Waals surface area contributed by atoms with Crippen molar-refractivity contribution in [1.29, 1.82) is 0 Å². The lowest BCUT2D eigenvalue weighted by Crippen LogP contribution is -2.43. The van der Waals surface area contributed by atoms with Gasteiger partial charge in [-0.3, -0.25) is 14.3 Å². The van der Waals surface area contributed by atoms with Crippen molar-refractivity contribution in [2.24, 2.45) is 0 Å². The molecule has 29 heavy (non-hydrogen) atoms. The number of urea groups is 1. The zero-order chi connectivity index (χ0) is 20.5. The maximum absolute atomic E-state index is 12.6. The minimum Gasteiger partial charge on any atom is -0.345 e. The zero-order valence-corrected chi connectivity index (χ0v) is 16.2. The molecule has 0 atom stereocenters. The Balaban J connectivity index is 1.47. The molecule has 1 aliphatic rings. The standard InChI is InChI=1S/C19H21N7O3/c1-24(2)19(29)25-7-8-26-13(11-25)9-12(23-26)10-20-18(28)16-14-5-3-4-6-15(14)17(27)22-21-16/h3-6,9H,7-8,10-11H2,1-2H3,(H,20,28)(H,22,27). The summed E-state index contributed by atoms with van der Waals surface area (Å²) in [4.78, 5) is 39.9. The van der Waals surface area contributed by atoms with Crippen LogP contribution in [-0.2, 0) is 19.6 Å². The molecule has 0 saturated heterocycles. The van der Waals surface area contributed by atoms with Gasteiger partial charge < -0.3 is 15.1 Å². The minimum atomic E-state index is -0.396. The normalized spacial score (nSPS) is 13.2. The highest BCUT2D eigenvalue weighted by Gasteiger charge is 2.23. The summed E-state index contributed by atoms with van der Waals surface area (Å²) >= 11 is 0. The summed E-state index contributed by atoms with van der Waals surface area (Å²) in [5, 5.41) is 14.5. The fourth-order valence-electron chi connectivity index (χ4n) is 3.40. The number of nitrogens with zero attached hydrogens (tertiary/aromatic N) is 5. The molecule has 0 radical (unpaired) electrons. The van der Waals surface area contributed by atoms with Crippen LogP contribution in [0, 0.1) is 0 Å². The third-order valence-corrected chi connectivity index (χ3v) is 4.84. The number of hydrogen-bond donors (Lipinski definition) is 2. The predicted molar refractivity (Wildman–Crippen MR) is 105 cm³/mol. The van der Waals surface area contributed by atoms with Gasteiger partial charge >= 0.3 is 6.03 Å². The second kappa shape index (κ2) is 7.38. The number of nitrogens with one attached hydrogen (secondary N) is 2. The smallest absolute Gasteiger partial charge is 0.319 e. The SMILES string of the molecule is CN(C)C(=O)N1CCn2nc(CNC(=O)c3n[nH]c(=O)c4ccccc34)cc2C1. The van der Waals surface area contributed by atoms with Crippen LogP contribution in [0.4, 0.5) is 4.79 Å². The monoisotopic (exact) mass is 395 g/mol. The lowest BCUT2D eigenvalue weighted by atomic mass is 10.1. The van der Waals surface area contributed by atoms with Gasteiger partial charge in [-0.25, -0.2) is 9.89 Å². The molecular formula is C19H21N7O3. The number of H-pyrrole nitrogens is 1. The molecule has 1 aromatic carbocycles. The summed E-state index contributed by atoms with van der Waals surface area (Å²) in [6, 6.07) is 8.68. The molecule has 0 aliphatic carbocycles. The number of aromatic amines is 1. The number of carbonyl (C=O) groups is 2. The first kappa shape index (κ1) is 18.7. The van der Waals surface area contributed by atoms with Gasteiger partial charge in [-0.15, -0.1) is 0 Å². The van der Waals surface area contributed by atoms with Crippen molar-refractivity contribution in [3.63, 3.8) is 0 Å². The Kier molecular flexibility index (Phi) is 4.75. The molecule has 0 spiro atoms. The van der Waals surface area contributed by atoms with E-state index >= 15 is 0 Å². The van der Waals surface area contributed by atoms with E-state index in [1.807, 2.05) is 10.7 Å². The molecule has 10 nitrogen and oxygen atoms in total. The summed E-state index contributed by atoms with van der Waals surface area (Å²) < 4.78 is 1.86. The van der Waals surface area contributed by atoms with Crippen LogP contribution in [0.3, 0.4) is 0 Å². The van der Waals surface area contributed by atoms with Crippen LogP contribution < -0.4 is 10.9 Å². The average Bonchev–Trinajstić information content (AvgIpc) is 3.14. The third kappa shape index (κ3) is 3.56. The zero-order valence-electron chi connectivity index (χ0n) is 16.2. The van der Waals surface area contributed by atoms with Crippen molar-refractivity contribution in [2.75, 3.05) is 20.6 Å². The fraction of sp³-hybridized carbons (Fsp3) is 0.316. The number of carbonyl (C=O) groups excluding carboxylic acids is 2. The van der Waals surface area contributed by atoms with Crippen LogP contribution in [0.15, 0.2) is 35.1 Å². The lowest BCUT2D eigenvalue weighted by Gasteiger charge is -2.29. The fourth-order valence-corrected chi connectivity index (χ4v) is 3.40. The first-order chi connectivity index (χ1) is 13.9. The number of aromatic nitrogens is 4. The Bertz CT molecular complexity index is 1150. The second-order valence-corrected chi connectivity index (χ2v) is 7.08. The molecule has 0 bridgehead atoms. The van der Waals surface area contributed by atoms with Crippen molar-refractivity contribution in [1.82, 2.24) is 35.1 Å². The minimum absolute atomic E-state index is 0.0386. The van der Waals surface area contributed by atoms with Crippen molar-refractivity contribution in [3.8, 4) is 0 Å². The van der Waals surface area contributed by atoms with Crippen LogP contribution in [-0.4, -0.2) is 62.4 Å². The first-order valence-corrected chi connectivity index (χ1v) is 9.21. The molecule has 2 N–H and O–H groups in total. The summed E-state index contributed by atoms with van der Waals surface area (Å²) in [7, 11) is 3.45. The van der Waals surface area contributed by atoms with Crippen LogP contribution in [0.25, 0.3) is 10.8 Å². The van der Waals surface area contributed by atoms with E-state index in [-0.39, 0.29) is 23.8 Å². The summed E-state index contributed by atoms with van der Waals surface area (Å²) in [6.07, 6.45) is 0. The van der Waals surface area contributed by atoms with Crippen molar-refractivity contribution < 1.29 is 9.59 Å². The van der Waals surface area contributed by atoms with Gasteiger partial charge in [0.25, 0.3) is 11.5 Å². The van der Waals surface area contributed by atoms with Crippen molar-refractivity contribution >= 4 is 22.7 Å². The molecule has 3 aromatic rings. The Morgan fingerprint density at radius 3 is 2.72 bits per heavy atom. The number of fused-ring (bicyclic) bond motifs is 2. The number of rotatable bonds is 3. The molecule has 4 rings (SSSR count). The van der Waals surface area contributed by atoms with Crippen LogP contribution in [0.2, 0.25) is 0 Å². The second-order valence-electron chi connectivity index (χ2n) is 7.08. The number of amides is 3. The Labute approximate surface area is 166 Å². The molecular weight excluding hydrogens is 374 g/mol. The van der Waals surface area contributed by atoms with E-state index < -0.39 is 5.91 Å². The van der Waals surface area contributed by atoms with Crippen molar-refractivity contribution in [3.05, 3.63) is 57.8 Å². The van der Waals surface area contributed by atoms with Gasteiger partial charge in [0.1, 0.15) is 0 Å². The Morgan fingerprint density at radius 1 is 1.21 bits per heavy atom. The van der Waals surface area contributed by atoms with Gasteiger partial charge in [0.2, 0.25) is 0 Å². The van der Waals surface area contributed by atoms with E-state index in [4.69, 9.17) is 0 Å². The molecule has 3 amide bonds. The van der Waals surface area contributed by atoms with Gasteiger partial charge in [0.15, 0.2) is 5.69 Å².